The number of ether oxygens (including phenoxy) is 1. The summed E-state index contributed by atoms with van der Waals surface area (Å²) in [6, 6.07) is 24.6. The number of amidine groups is 1. The summed E-state index contributed by atoms with van der Waals surface area (Å²) in [6.07, 6.45) is 2.48. The van der Waals surface area contributed by atoms with Crippen LogP contribution < -0.4 is 4.74 Å². The van der Waals surface area contributed by atoms with Gasteiger partial charge in [-0.2, -0.15) is 10.1 Å². The number of carbonyl (C=O) groups is 1. The minimum atomic E-state index is -0.292. The van der Waals surface area contributed by atoms with E-state index in [1.54, 1.807) is 37.5 Å². The van der Waals surface area contributed by atoms with E-state index < -0.39 is 0 Å². The number of thioether (sulfide) groups is 1. The maximum absolute atomic E-state index is 12.7. The van der Waals surface area contributed by atoms with Gasteiger partial charge in [0.2, 0.25) is 0 Å². The van der Waals surface area contributed by atoms with Gasteiger partial charge in [0.1, 0.15) is 11.5 Å². The smallest absolute Gasteiger partial charge is 0.286 e. The zero-order valence-electron chi connectivity index (χ0n) is 17.9. The van der Waals surface area contributed by atoms with Crippen LogP contribution in [0.1, 0.15) is 29.2 Å². The monoisotopic (exact) mass is 455 g/mol. The number of phenols is 1. The van der Waals surface area contributed by atoms with Crippen LogP contribution in [0.3, 0.4) is 0 Å². The normalized spacial score (nSPS) is 19.1. The highest BCUT2D eigenvalue weighted by atomic mass is 32.2. The summed E-state index contributed by atoms with van der Waals surface area (Å²) in [4.78, 5) is 17.5. The fourth-order valence-corrected chi connectivity index (χ4v) is 4.71. The molecule has 0 bridgehead atoms. The van der Waals surface area contributed by atoms with Crippen molar-refractivity contribution in [3.63, 3.8) is 0 Å². The summed E-state index contributed by atoms with van der Waals surface area (Å²) in [5.74, 6) is 0.677. The number of hydrogen-bond donors (Lipinski definition) is 1. The summed E-state index contributed by atoms with van der Waals surface area (Å²) in [6.45, 7) is 0. The van der Waals surface area contributed by atoms with Crippen LogP contribution in [0, 0.1) is 0 Å². The van der Waals surface area contributed by atoms with Crippen molar-refractivity contribution in [2.75, 3.05) is 7.11 Å². The average molecular weight is 456 g/mol. The second kappa shape index (κ2) is 8.96. The molecule has 3 aromatic rings. The molecule has 0 saturated heterocycles. The molecular weight excluding hydrogens is 434 g/mol. The number of hydrogen-bond acceptors (Lipinski definition) is 6. The van der Waals surface area contributed by atoms with Crippen LogP contribution >= 0.6 is 11.8 Å². The number of amides is 1. The van der Waals surface area contributed by atoms with E-state index in [9.17, 15) is 9.90 Å². The Balaban J connectivity index is 1.47. The Morgan fingerprint density at radius 1 is 1.03 bits per heavy atom. The number of phenolic OH excluding ortho intramolecular Hbond substituents is 1. The number of rotatable bonds is 4. The minimum Gasteiger partial charge on any atom is -0.508 e. The second-order valence-corrected chi connectivity index (χ2v) is 8.66. The van der Waals surface area contributed by atoms with E-state index in [1.807, 2.05) is 59.6 Å². The molecule has 2 aliphatic heterocycles. The first-order chi connectivity index (χ1) is 16.1. The van der Waals surface area contributed by atoms with Gasteiger partial charge in [-0.25, -0.2) is 5.01 Å². The van der Waals surface area contributed by atoms with Gasteiger partial charge in [0.05, 0.1) is 23.8 Å². The lowest BCUT2D eigenvalue weighted by Gasteiger charge is -2.22. The van der Waals surface area contributed by atoms with E-state index in [1.165, 1.54) is 11.8 Å². The lowest BCUT2D eigenvalue weighted by atomic mass is 9.98. The van der Waals surface area contributed by atoms with Crippen LogP contribution in [0.25, 0.3) is 6.08 Å². The Hall–Kier alpha value is -3.84. The van der Waals surface area contributed by atoms with Crippen LogP contribution in [0.5, 0.6) is 11.5 Å². The predicted molar refractivity (Wildman–Crippen MR) is 131 cm³/mol. The van der Waals surface area contributed by atoms with Crippen LogP contribution in [-0.2, 0) is 4.79 Å². The van der Waals surface area contributed by atoms with E-state index in [0.717, 1.165) is 28.2 Å². The third kappa shape index (κ3) is 4.40. The quantitative estimate of drug-likeness (QED) is 0.546. The van der Waals surface area contributed by atoms with Gasteiger partial charge < -0.3 is 9.84 Å². The predicted octanol–water partition coefficient (Wildman–Crippen LogP) is 5.22. The van der Waals surface area contributed by atoms with E-state index in [0.29, 0.717) is 16.5 Å². The zero-order chi connectivity index (χ0) is 22.8. The zero-order valence-corrected chi connectivity index (χ0v) is 18.7. The molecule has 1 amide bonds. The summed E-state index contributed by atoms with van der Waals surface area (Å²) >= 11 is 1.31. The fraction of sp³-hybridized carbons (Fsp3) is 0.115. The topological polar surface area (TPSA) is 74.5 Å². The molecule has 7 heteroatoms. The molecule has 2 heterocycles. The van der Waals surface area contributed by atoms with Crippen molar-refractivity contribution in [1.82, 2.24) is 5.01 Å². The molecule has 1 N–H and O–H groups in total. The SMILES string of the molecule is COc1ccc([C@H]2CC(c3ccccc3)=NN2C2=NC(=O)/C(=C/c3ccc(O)cc3)S2)cc1. The molecule has 0 aromatic heterocycles. The molecular formula is C26H21N3O3S. The van der Waals surface area contributed by atoms with Gasteiger partial charge in [0.25, 0.3) is 5.91 Å². The Labute approximate surface area is 195 Å². The second-order valence-electron chi connectivity index (χ2n) is 7.65. The average Bonchev–Trinajstić information content (AvgIpc) is 3.45. The molecule has 0 unspecified atom stereocenters. The summed E-state index contributed by atoms with van der Waals surface area (Å²) in [5, 5.41) is 16.8. The minimum absolute atomic E-state index is 0.0850. The van der Waals surface area contributed by atoms with Crippen molar-refractivity contribution in [2.45, 2.75) is 12.5 Å². The molecule has 0 radical (unpaired) electrons. The molecule has 0 spiro atoms. The fourth-order valence-electron chi connectivity index (χ4n) is 3.80. The third-order valence-electron chi connectivity index (χ3n) is 5.51. The first-order valence-electron chi connectivity index (χ1n) is 10.5. The number of carbonyl (C=O) groups excluding carboxylic acids is 1. The van der Waals surface area contributed by atoms with Gasteiger partial charge in [-0.15, -0.1) is 0 Å². The number of hydrazone groups is 1. The third-order valence-corrected chi connectivity index (χ3v) is 6.49. The summed E-state index contributed by atoms with van der Waals surface area (Å²) < 4.78 is 5.30. The Kier molecular flexibility index (Phi) is 5.71. The number of aliphatic imine (C=N–C) groups is 1. The Morgan fingerprint density at radius 2 is 1.76 bits per heavy atom. The molecule has 164 valence electrons. The van der Waals surface area contributed by atoms with E-state index in [-0.39, 0.29) is 17.7 Å². The van der Waals surface area contributed by atoms with Gasteiger partial charge in [-0.05, 0) is 58.8 Å². The highest BCUT2D eigenvalue weighted by Gasteiger charge is 2.36. The highest BCUT2D eigenvalue weighted by molar-refractivity contribution is 8.18. The van der Waals surface area contributed by atoms with Crippen molar-refractivity contribution in [3.05, 3.63) is 100 Å². The molecule has 33 heavy (non-hydrogen) atoms. The standard InChI is InChI=1S/C26H21N3O3S/c1-32-21-13-9-19(10-14-21)23-16-22(18-5-3-2-4-6-18)28-29(23)26-27-25(31)24(33-26)15-17-7-11-20(30)12-8-17/h2-15,23,30H,16H2,1H3/b24-15-/t23-/m1/s1. The van der Waals surface area contributed by atoms with Crippen molar-refractivity contribution in [3.8, 4) is 11.5 Å². The molecule has 0 fully saturated rings. The van der Waals surface area contributed by atoms with Gasteiger partial charge in [-0.1, -0.05) is 54.6 Å². The first kappa shape index (κ1) is 21.0. The van der Waals surface area contributed by atoms with Crippen molar-refractivity contribution in [1.29, 1.82) is 0 Å². The highest BCUT2D eigenvalue weighted by Crippen LogP contribution is 2.40. The molecule has 0 saturated carbocycles. The number of aromatic hydroxyl groups is 1. The van der Waals surface area contributed by atoms with E-state index in [2.05, 4.69) is 4.99 Å². The van der Waals surface area contributed by atoms with Crippen LogP contribution in [-0.4, -0.2) is 34.0 Å². The van der Waals surface area contributed by atoms with Gasteiger partial charge >= 0.3 is 0 Å². The molecule has 1 atom stereocenters. The van der Waals surface area contributed by atoms with Gasteiger partial charge in [0, 0.05) is 6.42 Å². The van der Waals surface area contributed by atoms with Crippen molar-refractivity contribution >= 4 is 34.6 Å². The Morgan fingerprint density at radius 3 is 2.45 bits per heavy atom. The lowest BCUT2D eigenvalue weighted by molar-refractivity contribution is -0.113. The van der Waals surface area contributed by atoms with Crippen LogP contribution in [0.15, 0.2) is 93.9 Å². The molecule has 5 rings (SSSR count). The summed E-state index contributed by atoms with van der Waals surface area (Å²) in [7, 11) is 1.64. The largest absolute Gasteiger partial charge is 0.508 e. The van der Waals surface area contributed by atoms with Crippen LogP contribution in [0.2, 0.25) is 0 Å². The molecule has 0 aliphatic carbocycles. The number of methoxy groups -OCH3 is 1. The first-order valence-corrected chi connectivity index (χ1v) is 11.3. The van der Waals surface area contributed by atoms with Crippen LogP contribution in [0.4, 0.5) is 0 Å². The maximum Gasteiger partial charge on any atom is 0.286 e. The maximum atomic E-state index is 12.7. The lowest BCUT2D eigenvalue weighted by Crippen LogP contribution is -2.23. The van der Waals surface area contributed by atoms with Crippen molar-refractivity contribution < 1.29 is 14.6 Å². The van der Waals surface area contributed by atoms with E-state index in [4.69, 9.17) is 9.84 Å². The van der Waals surface area contributed by atoms with Gasteiger partial charge in [-0.3, -0.25) is 4.79 Å². The molecule has 6 nitrogen and oxygen atoms in total. The van der Waals surface area contributed by atoms with Gasteiger partial charge in [0.15, 0.2) is 5.17 Å². The van der Waals surface area contributed by atoms with Crippen molar-refractivity contribution in [2.24, 2.45) is 10.1 Å². The molecule has 2 aliphatic rings. The molecule has 3 aromatic carbocycles. The van der Waals surface area contributed by atoms with E-state index >= 15 is 0 Å². The number of nitrogens with zero attached hydrogens (tertiary/aromatic N) is 3. The number of benzene rings is 3. The summed E-state index contributed by atoms with van der Waals surface area (Å²) in [5.41, 5.74) is 3.88. The Bertz CT molecular complexity index is 1270.